The van der Waals surface area contributed by atoms with E-state index in [1.165, 1.54) is 78.2 Å². The summed E-state index contributed by atoms with van der Waals surface area (Å²) in [5.41, 5.74) is 3.86. The van der Waals surface area contributed by atoms with Crippen molar-refractivity contribution in [3.63, 3.8) is 0 Å². The van der Waals surface area contributed by atoms with Crippen LogP contribution in [0.3, 0.4) is 0 Å². The van der Waals surface area contributed by atoms with E-state index in [-0.39, 0.29) is 17.0 Å². The first-order valence-electron chi connectivity index (χ1n) is 12.6. The highest BCUT2D eigenvalue weighted by Crippen LogP contribution is 2.23. The highest BCUT2D eigenvalue weighted by atomic mass is 79.9. The first-order valence-corrected chi connectivity index (χ1v) is 13.4. The van der Waals surface area contributed by atoms with Crippen molar-refractivity contribution in [2.24, 2.45) is 0 Å². The Labute approximate surface area is 220 Å². The lowest BCUT2D eigenvalue weighted by Gasteiger charge is -2.36. The maximum absolute atomic E-state index is 3.94. The number of benzene rings is 2. The summed E-state index contributed by atoms with van der Waals surface area (Å²) in [5.74, 6) is 0. The molecule has 0 N–H and O–H groups in total. The van der Waals surface area contributed by atoms with Crippen molar-refractivity contribution in [2.75, 3.05) is 37.6 Å². The monoisotopic (exact) mass is 539 g/mol. The van der Waals surface area contributed by atoms with Gasteiger partial charge in [-0.05, 0) is 48.9 Å². The number of piperazine rings is 1. The molecule has 0 atom stereocenters. The number of rotatable bonds is 11. The van der Waals surface area contributed by atoms with Gasteiger partial charge in [-0.1, -0.05) is 74.8 Å². The van der Waals surface area contributed by atoms with Crippen LogP contribution < -0.4 is 26.4 Å². The standard InChI is InChI=1S/C29H38N3S.BrH/c1-3-5-6-7-10-20-30-21-23-31(24-22-30)26-16-13-25(14-17-26)15-18-29-32(19-4-2)27-11-8-9-12-28(27)33-29;/h4,8-9,11-18H,2-3,5-7,10,19-24H2,1H3;1H/q+1;/p-1. The third-order valence-corrected chi connectivity index (χ3v) is 7.71. The van der Waals surface area contributed by atoms with E-state index in [4.69, 9.17) is 0 Å². The summed E-state index contributed by atoms with van der Waals surface area (Å²) in [6, 6.07) is 17.6. The number of nitrogens with zero attached hydrogens (tertiary/aromatic N) is 3. The lowest BCUT2D eigenvalue weighted by Crippen LogP contribution is -3.00. The molecule has 2 aromatic carbocycles. The molecule has 0 aliphatic carbocycles. The van der Waals surface area contributed by atoms with E-state index in [9.17, 15) is 0 Å². The number of para-hydroxylation sites is 1. The molecule has 182 valence electrons. The van der Waals surface area contributed by atoms with Gasteiger partial charge in [0.15, 0.2) is 6.54 Å². The van der Waals surface area contributed by atoms with Crippen LogP contribution >= 0.6 is 11.3 Å². The van der Waals surface area contributed by atoms with E-state index in [2.05, 4.69) is 88.6 Å². The number of allylic oxidation sites excluding steroid dienone is 1. The van der Waals surface area contributed by atoms with E-state index in [1.807, 2.05) is 17.4 Å². The van der Waals surface area contributed by atoms with Gasteiger partial charge in [-0.15, -0.1) is 0 Å². The van der Waals surface area contributed by atoms with Gasteiger partial charge in [-0.25, -0.2) is 0 Å². The van der Waals surface area contributed by atoms with Gasteiger partial charge in [0, 0.05) is 44.0 Å². The van der Waals surface area contributed by atoms with Crippen LogP contribution in [0.25, 0.3) is 22.4 Å². The van der Waals surface area contributed by atoms with E-state index in [0.717, 1.165) is 19.6 Å². The zero-order chi connectivity index (χ0) is 22.9. The first kappa shape index (κ1) is 26.7. The summed E-state index contributed by atoms with van der Waals surface area (Å²) in [6.07, 6.45) is 13.3. The quantitative estimate of drug-likeness (QED) is 0.209. The molecular formula is C29H38BrN3S. The van der Waals surface area contributed by atoms with Gasteiger partial charge in [0.2, 0.25) is 5.52 Å². The number of hydrogen-bond donors (Lipinski definition) is 0. The van der Waals surface area contributed by atoms with Gasteiger partial charge in [0.05, 0.1) is 0 Å². The van der Waals surface area contributed by atoms with Crippen LogP contribution in [-0.4, -0.2) is 37.6 Å². The van der Waals surface area contributed by atoms with Crippen LogP contribution in [-0.2, 0) is 6.54 Å². The Balaban J connectivity index is 0.00000324. The molecule has 4 rings (SSSR count). The van der Waals surface area contributed by atoms with Crippen LogP contribution in [0.2, 0.25) is 0 Å². The number of aromatic nitrogens is 1. The molecule has 0 radical (unpaired) electrons. The fourth-order valence-electron chi connectivity index (χ4n) is 4.63. The topological polar surface area (TPSA) is 10.4 Å². The number of thiazole rings is 1. The summed E-state index contributed by atoms with van der Waals surface area (Å²) < 4.78 is 3.65. The molecule has 1 aromatic heterocycles. The molecule has 0 saturated carbocycles. The predicted octanol–water partition coefficient (Wildman–Crippen LogP) is 3.64. The van der Waals surface area contributed by atoms with Crippen molar-refractivity contribution >= 4 is 39.4 Å². The van der Waals surface area contributed by atoms with Gasteiger partial charge in [0.1, 0.15) is 4.70 Å². The second kappa shape index (κ2) is 13.8. The number of unbranched alkanes of at least 4 members (excludes halogenated alkanes) is 4. The Kier molecular flexibility index (Phi) is 10.8. The van der Waals surface area contributed by atoms with Crippen LogP contribution in [0.15, 0.2) is 61.2 Å². The number of anilines is 1. The number of fused-ring (bicyclic) bond motifs is 1. The summed E-state index contributed by atoms with van der Waals surface area (Å²) in [4.78, 5) is 5.17. The fraction of sp³-hybridized carbons (Fsp3) is 0.414. The molecule has 5 heteroatoms. The molecule has 1 fully saturated rings. The van der Waals surface area contributed by atoms with E-state index in [0.29, 0.717) is 0 Å². The molecule has 1 aliphatic heterocycles. The molecular weight excluding hydrogens is 502 g/mol. The molecule has 1 saturated heterocycles. The zero-order valence-corrected chi connectivity index (χ0v) is 22.9. The molecule has 0 unspecified atom stereocenters. The minimum atomic E-state index is 0. The van der Waals surface area contributed by atoms with Crippen molar-refractivity contribution in [1.82, 2.24) is 4.90 Å². The Morgan fingerprint density at radius 3 is 2.38 bits per heavy atom. The fourth-order valence-corrected chi connectivity index (χ4v) is 5.70. The van der Waals surface area contributed by atoms with Crippen molar-refractivity contribution in [3.8, 4) is 0 Å². The lowest BCUT2D eigenvalue weighted by molar-refractivity contribution is -0.658. The van der Waals surface area contributed by atoms with Crippen LogP contribution in [0, 0.1) is 0 Å². The Bertz CT molecular complexity index is 1050. The molecule has 1 aliphatic rings. The second-order valence-corrected chi connectivity index (χ2v) is 10.0. The predicted molar refractivity (Wildman–Crippen MR) is 145 cm³/mol. The molecule has 2 heterocycles. The van der Waals surface area contributed by atoms with Crippen LogP contribution in [0.1, 0.15) is 49.6 Å². The minimum Gasteiger partial charge on any atom is -1.00 e. The SMILES string of the molecule is C=CC[n+]1c(/C=C/c2ccc(N3CCN(CCCCCCC)CC3)cc2)sc2ccccc21.[Br-]. The maximum Gasteiger partial charge on any atom is 0.263 e. The van der Waals surface area contributed by atoms with Gasteiger partial charge in [0.25, 0.3) is 5.01 Å². The van der Waals surface area contributed by atoms with Crippen LogP contribution in [0.4, 0.5) is 5.69 Å². The normalized spacial score (nSPS) is 14.6. The summed E-state index contributed by atoms with van der Waals surface area (Å²) in [6.45, 7) is 13.0. The smallest absolute Gasteiger partial charge is 0.263 e. The van der Waals surface area contributed by atoms with Crippen molar-refractivity contribution < 1.29 is 21.5 Å². The number of halogens is 1. The minimum absolute atomic E-state index is 0. The molecule has 3 nitrogen and oxygen atoms in total. The number of hydrogen-bond acceptors (Lipinski definition) is 3. The molecule has 34 heavy (non-hydrogen) atoms. The summed E-state index contributed by atoms with van der Waals surface area (Å²) in [5, 5.41) is 1.26. The van der Waals surface area contributed by atoms with E-state index in [1.54, 1.807) is 0 Å². The average molecular weight is 541 g/mol. The van der Waals surface area contributed by atoms with Crippen LogP contribution in [0.5, 0.6) is 0 Å². The highest BCUT2D eigenvalue weighted by Gasteiger charge is 2.18. The van der Waals surface area contributed by atoms with Gasteiger partial charge in [-0.3, -0.25) is 4.90 Å². The maximum atomic E-state index is 3.94. The summed E-state index contributed by atoms with van der Waals surface area (Å²) >= 11 is 1.83. The summed E-state index contributed by atoms with van der Waals surface area (Å²) in [7, 11) is 0. The zero-order valence-electron chi connectivity index (χ0n) is 20.5. The van der Waals surface area contributed by atoms with Crippen molar-refractivity contribution in [2.45, 2.75) is 45.6 Å². The first-order chi connectivity index (χ1) is 16.3. The van der Waals surface area contributed by atoms with E-state index < -0.39 is 0 Å². The van der Waals surface area contributed by atoms with Crippen molar-refractivity contribution in [3.05, 3.63) is 71.8 Å². The van der Waals surface area contributed by atoms with Gasteiger partial charge >= 0.3 is 0 Å². The van der Waals surface area contributed by atoms with Gasteiger partial charge in [-0.2, -0.15) is 4.57 Å². The Morgan fingerprint density at radius 1 is 0.912 bits per heavy atom. The molecule has 0 amide bonds. The molecule has 0 spiro atoms. The van der Waals surface area contributed by atoms with Gasteiger partial charge < -0.3 is 21.9 Å². The highest BCUT2D eigenvalue weighted by molar-refractivity contribution is 7.18. The Morgan fingerprint density at radius 2 is 1.65 bits per heavy atom. The molecule has 0 bridgehead atoms. The molecule has 3 aromatic rings. The third-order valence-electron chi connectivity index (χ3n) is 6.58. The van der Waals surface area contributed by atoms with E-state index >= 15 is 0 Å². The Hall–Kier alpha value is -1.95. The second-order valence-electron chi connectivity index (χ2n) is 8.98. The van der Waals surface area contributed by atoms with Crippen molar-refractivity contribution in [1.29, 1.82) is 0 Å². The third kappa shape index (κ3) is 7.03. The largest absolute Gasteiger partial charge is 1.00 e. The lowest BCUT2D eigenvalue weighted by atomic mass is 10.1. The average Bonchev–Trinajstić information content (AvgIpc) is 3.21.